The number of carbonyl (C=O) groups excluding carboxylic acids is 3. The number of nitrogens with one attached hydrogen (secondary N) is 1. The topological polar surface area (TPSA) is 79.0 Å². The number of nitrogens with zero attached hydrogens (tertiary/aromatic N) is 2. The molecule has 2 aliphatic heterocycles. The molecule has 31 heavy (non-hydrogen) atoms. The Hall–Kier alpha value is -3.19. The van der Waals surface area contributed by atoms with Crippen LogP contribution in [-0.2, 0) is 11.2 Å². The van der Waals surface area contributed by atoms with E-state index in [1.165, 1.54) is 0 Å². The summed E-state index contributed by atoms with van der Waals surface area (Å²) in [5.74, 6) is 0.605. The maximum absolute atomic E-state index is 13.0. The second kappa shape index (κ2) is 8.89. The molecular formula is C24H27N3O4. The van der Waals surface area contributed by atoms with Crippen molar-refractivity contribution >= 4 is 23.3 Å². The highest BCUT2D eigenvalue weighted by molar-refractivity contribution is 6.02. The predicted octanol–water partition coefficient (Wildman–Crippen LogP) is 2.61. The molecule has 7 heteroatoms. The van der Waals surface area contributed by atoms with Crippen LogP contribution in [-0.4, -0.2) is 66.7 Å². The first-order valence-electron chi connectivity index (χ1n) is 10.6. The number of para-hydroxylation sites is 1. The fraction of sp³-hybridized carbons (Fsp3) is 0.375. The van der Waals surface area contributed by atoms with E-state index in [1.54, 1.807) is 25.3 Å². The first kappa shape index (κ1) is 21.1. The second-order valence-electron chi connectivity index (χ2n) is 7.99. The standard InChI is InChI=1S/C24H27N3O4/c1-16(23(29)19-5-3-4-6-21(19)31-2)26-11-13-27(14-12-26)24(30)18-7-9-20-17(15-18)8-10-22(28)25-20/h3-7,9,15-16H,8,10-14H2,1-2H3,(H,25,28). The molecule has 7 nitrogen and oxygen atoms in total. The quantitative estimate of drug-likeness (QED) is 0.751. The van der Waals surface area contributed by atoms with Gasteiger partial charge < -0.3 is 15.0 Å². The van der Waals surface area contributed by atoms with Crippen molar-refractivity contribution in [3.63, 3.8) is 0 Å². The number of methoxy groups -OCH3 is 1. The highest BCUT2D eigenvalue weighted by Gasteiger charge is 2.30. The van der Waals surface area contributed by atoms with Crippen molar-refractivity contribution in [1.82, 2.24) is 9.80 Å². The molecule has 1 unspecified atom stereocenters. The lowest BCUT2D eigenvalue weighted by molar-refractivity contribution is -0.116. The molecule has 2 aliphatic rings. The average molecular weight is 421 g/mol. The maximum Gasteiger partial charge on any atom is 0.253 e. The van der Waals surface area contributed by atoms with Crippen molar-refractivity contribution in [2.24, 2.45) is 0 Å². The number of ether oxygens (including phenoxy) is 1. The van der Waals surface area contributed by atoms with Crippen LogP contribution in [0.4, 0.5) is 5.69 Å². The van der Waals surface area contributed by atoms with Gasteiger partial charge in [-0.05, 0) is 49.2 Å². The Morgan fingerprint density at radius 3 is 2.52 bits per heavy atom. The van der Waals surface area contributed by atoms with E-state index in [-0.39, 0.29) is 23.6 Å². The number of fused-ring (bicyclic) bond motifs is 1. The van der Waals surface area contributed by atoms with Gasteiger partial charge in [0.1, 0.15) is 5.75 Å². The van der Waals surface area contributed by atoms with Crippen LogP contribution in [0.15, 0.2) is 42.5 Å². The van der Waals surface area contributed by atoms with Gasteiger partial charge in [0.2, 0.25) is 5.91 Å². The Morgan fingerprint density at radius 1 is 1.03 bits per heavy atom. The van der Waals surface area contributed by atoms with Crippen LogP contribution in [0, 0.1) is 0 Å². The average Bonchev–Trinajstić information content (AvgIpc) is 2.82. The molecule has 0 saturated carbocycles. The summed E-state index contributed by atoms with van der Waals surface area (Å²) in [4.78, 5) is 41.5. The molecule has 1 N–H and O–H groups in total. The van der Waals surface area contributed by atoms with Crippen LogP contribution >= 0.6 is 0 Å². The van der Waals surface area contributed by atoms with Gasteiger partial charge in [0.05, 0.1) is 18.7 Å². The Labute approximate surface area is 182 Å². The van der Waals surface area contributed by atoms with E-state index in [2.05, 4.69) is 10.2 Å². The fourth-order valence-electron chi connectivity index (χ4n) is 4.25. The SMILES string of the molecule is COc1ccccc1C(=O)C(C)N1CCN(C(=O)c2ccc3c(c2)CCC(=O)N3)CC1. The molecular weight excluding hydrogens is 394 g/mol. The van der Waals surface area contributed by atoms with E-state index in [1.807, 2.05) is 36.1 Å². The van der Waals surface area contributed by atoms with Crippen LogP contribution in [0.25, 0.3) is 0 Å². The number of amides is 2. The molecule has 2 amide bonds. The summed E-state index contributed by atoms with van der Waals surface area (Å²) in [6.45, 7) is 4.31. The number of benzene rings is 2. The Kier molecular flexibility index (Phi) is 6.04. The minimum atomic E-state index is -0.291. The van der Waals surface area contributed by atoms with E-state index in [4.69, 9.17) is 4.74 Å². The molecule has 0 spiro atoms. The summed E-state index contributed by atoms with van der Waals surface area (Å²) in [5.41, 5.74) is 3.01. The van der Waals surface area contributed by atoms with Gasteiger partial charge in [-0.25, -0.2) is 0 Å². The smallest absolute Gasteiger partial charge is 0.253 e. The molecule has 2 heterocycles. The number of aryl methyl sites for hydroxylation is 1. The number of carbonyl (C=O) groups is 3. The number of rotatable bonds is 5. The van der Waals surface area contributed by atoms with Gasteiger partial charge in [-0.15, -0.1) is 0 Å². The largest absolute Gasteiger partial charge is 0.496 e. The molecule has 2 aromatic carbocycles. The van der Waals surface area contributed by atoms with Gasteiger partial charge in [0, 0.05) is 43.9 Å². The van der Waals surface area contributed by atoms with Crippen LogP contribution in [0.5, 0.6) is 5.75 Å². The summed E-state index contributed by atoms with van der Waals surface area (Å²) < 4.78 is 5.33. The lowest BCUT2D eigenvalue weighted by Gasteiger charge is -2.37. The van der Waals surface area contributed by atoms with Crippen LogP contribution in [0.3, 0.4) is 0 Å². The number of hydrogen-bond acceptors (Lipinski definition) is 5. The molecule has 1 saturated heterocycles. The van der Waals surface area contributed by atoms with Crippen molar-refractivity contribution in [3.8, 4) is 5.75 Å². The monoisotopic (exact) mass is 421 g/mol. The summed E-state index contributed by atoms with van der Waals surface area (Å²) in [6.07, 6.45) is 1.10. The van der Waals surface area contributed by atoms with Gasteiger partial charge in [-0.3, -0.25) is 19.3 Å². The first-order chi connectivity index (χ1) is 15.0. The van der Waals surface area contributed by atoms with Crippen molar-refractivity contribution in [3.05, 3.63) is 59.2 Å². The molecule has 1 fully saturated rings. The summed E-state index contributed by atoms with van der Waals surface area (Å²) in [5, 5.41) is 2.84. The number of Topliss-reactive ketones (excluding diaryl/α,β-unsaturated/α-hetero) is 1. The highest BCUT2D eigenvalue weighted by Crippen LogP contribution is 2.25. The van der Waals surface area contributed by atoms with Crippen molar-refractivity contribution in [1.29, 1.82) is 0 Å². The predicted molar refractivity (Wildman–Crippen MR) is 118 cm³/mol. The zero-order valence-corrected chi connectivity index (χ0v) is 17.9. The van der Waals surface area contributed by atoms with Crippen molar-refractivity contribution in [2.75, 3.05) is 38.6 Å². The molecule has 0 aliphatic carbocycles. The number of ketones is 1. The molecule has 0 aromatic heterocycles. The molecule has 1 atom stereocenters. The number of hydrogen-bond donors (Lipinski definition) is 1. The molecule has 0 radical (unpaired) electrons. The molecule has 0 bridgehead atoms. The Bertz CT molecular complexity index is 1010. The summed E-state index contributed by atoms with van der Waals surface area (Å²) in [6, 6.07) is 12.4. The zero-order chi connectivity index (χ0) is 22.0. The maximum atomic E-state index is 13.0. The highest BCUT2D eigenvalue weighted by atomic mass is 16.5. The van der Waals surface area contributed by atoms with Gasteiger partial charge in [0.15, 0.2) is 5.78 Å². The van der Waals surface area contributed by atoms with Crippen molar-refractivity contribution in [2.45, 2.75) is 25.8 Å². The minimum Gasteiger partial charge on any atom is -0.496 e. The van der Waals surface area contributed by atoms with E-state index in [0.717, 1.165) is 11.3 Å². The van der Waals surface area contributed by atoms with Crippen LogP contribution in [0.2, 0.25) is 0 Å². The summed E-state index contributed by atoms with van der Waals surface area (Å²) in [7, 11) is 1.57. The third-order valence-corrected chi connectivity index (χ3v) is 6.15. The third-order valence-electron chi connectivity index (χ3n) is 6.15. The fourth-order valence-corrected chi connectivity index (χ4v) is 4.25. The lowest BCUT2D eigenvalue weighted by Crippen LogP contribution is -2.53. The second-order valence-corrected chi connectivity index (χ2v) is 7.99. The van der Waals surface area contributed by atoms with Crippen molar-refractivity contribution < 1.29 is 19.1 Å². The number of piperazine rings is 1. The number of anilines is 1. The van der Waals surface area contributed by atoms with Gasteiger partial charge in [0.25, 0.3) is 5.91 Å². The minimum absolute atomic E-state index is 0.0111. The third kappa shape index (κ3) is 4.32. The lowest BCUT2D eigenvalue weighted by atomic mass is 9.99. The summed E-state index contributed by atoms with van der Waals surface area (Å²) >= 11 is 0. The van der Waals surface area contributed by atoms with E-state index >= 15 is 0 Å². The first-order valence-corrected chi connectivity index (χ1v) is 10.6. The normalized spacial score (nSPS) is 17.5. The van der Waals surface area contributed by atoms with E-state index < -0.39 is 0 Å². The van der Waals surface area contributed by atoms with Gasteiger partial charge in [-0.2, -0.15) is 0 Å². The van der Waals surface area contributed by atoms with E-state index in [0.29, 0.717) is 55.9 Å². The Morgan fingerprint density at radius 2 is 1.77 bits per heavy atom. The Balaban J connectivity index is 1.39. The van der Waals surface area contributed by atoms with E-state index in [9.17, 15) is 14.4 Å². The molecule has 2 aromatic rings. The van der Waals surface area contributed by atoms with Crippen LogP contribution in [0.1, 0.15) is 39.6 Å². The van der Waals surface area contributed by atoms with Gasteiger partial charge in [-0.1, -0.05) is 12.1 Å². The van der Waals surface area contributed by atoms with Crippen LogP contribution < -0.4 is 10.1 Å². The molecule has 4 rings (SSSR count). The van der Waals surface area contributed by atoms with Gasteiger partial charge >= 0.3 is 0 Å². The zero-order valence-electron chi connectivity index (χ0n) is 17.9. The molecule has 162 valence electrons.